The first kappa shape index (κ1) is 12.0. The lowest BCUT2D eigenvalue weighted by atomic mass is 10.2. The van der Waals surface area contributed by atoms with Gasteiger partial charge < -0.3 is 5.32 Å². The van der Waals surface area contributed by atoms with Crippen molar-refractivity contribution in [1.29, 1.82) is 0 Å². The zero-order valence-corrected chi connectivity index (χ0v) is 11.0. The molecule has 0 spiro atoms. The maximum Gasteiger partial charge on any atom is 0.0518 e. The van der Waals surface area contributed by atoms with E-state index in [1.54, 1.807) is 0 Å². The van der Waals surface area contributed by atoms with Gasteiger partial charge in [0, 0.05) is 31.1 Å². The van der Waals surface area contributed by atoms with E-state index in [9.17, 15) is 0 Å². The molecule has 1 fully saturated rings. The van der Waals surface area contributed by atoms with Gasteiger partial charge in [-0.15, -0.1) is 0 Å². The highest BCUT2D eigenvalue weighted by atomic mass is 32.2. The van der Waals surface area contributed by atoms with Crippen LogP contribution in [0, 0.1) is 0 Å². The van der Waals surface area contributed by atoms with Crippen LogP contribution in [0.15, 0.2) is 12.3 Å². The Hall–Kier alpha value is -0.480. The fourth-order valence-corrected chi connectivity index (χ4v) is 3.48. The van der Waals surface area contributed by atoms with Gasteiger partial charge in [-0.05, 0) is 31.1 Å². The summed E-state index contributed by atoms with van der Waals surface area (Å²) in [4.78, 5) is 0. The van der Waals surface area contributed by atoms with Gasteiger partial charge in [-0.1, -0.05) is 6.92 Å². The molecule has 1 saturated carbocycles. The highest BCUT2D eigenvalue weighted by molar-refractivity contribution is 7.99. The van der Waals surface area contributed by atoms with Crippen LogP contribution in [0.4, 0.5) is 0 Å². The Morgan fingerprint density at radius 1 is 1.56 bits per heavy atom. The average molecular weight is 239 g/mol. The Balaban J connectivity index is 1.74. The Kier molecular flexibility index (Phi) is 4.29. The third-order valence-corrected chi connectivity index (χ3v) is 4.51. The molecule has 0 aliphatic heterocycles. The normalized spacial score (nSPS) is 25.1. The molecule has 0 bridgehead atoms. The minimum Gasteiger partial charge on any atom is -0.308 e. The van der Waals surface area contributed by atoms with Crippen LogP contribution in [-0.2, 0) is 13.6 Å². The molecule has 2 rings (SSSR count). The lowest BCUT2D eigenvalue weighted by Gasteiger charge is -2.13. The van der Waals surface area contributed by atoms with Crippen LogP contribution in [0.25, 0.3) is 0 Å². The van der Waals surface area contributed by atoms with E-state index < -0.39 is 0 Å². The van der Waals surface area contributed by atoms with Crippen molar-refractivity contribution in [3.63, 3.8) is 0 Å². The number of thioether (sulfide) groups is 1. The minimum atomic E-state index is 0.707. The van der Waals surface area contributed by atoms with E-state index in [-0.39, 0.29) is 0 Å². The second-order valence-corrected chi connectivity index (χ2v) is 5.99. The predicted molar refractivity (Wildman–Crippen MR) is 69.6 cm³/mol. The summed E-state index contributed by atoms with van der Waals surface area (Å²) in [5.74, 6) is 1.25. The third-order valence-electron chi connectivity index (χ3n) is 3.28. The molecule has 1 aliphatic carbocycles. The summed E-state index contributed by atoms with van der Waals surface area (Å²) >= 11 is 2.11. The first-order chi connectivity index (χ1) is 7.79. The molecular weight excluding hydrogens is 218 g/mol. The fraction of sp³-hybridized carbons (Fsp3) is 0.750. The molecule has 3 nitrogen and oxygen atoms in total. The minimum absolute atomic E-state index is 0.707. The zero-order chi connectivity index (χ0) is 11.4. The molecule has 1 heterocycles. The molecule has 1 aliphatic rings. The Labute approximate surface area is 102 Å². The smallest absolute Gasteiger partial charge is 0.0518 e. The Morgan fingerprint density at radius 3 is 3.12 bits per heavy atom. The number of hydrogen-bond donors (Lipinski definition) is 1. The van der Waals surface area contributed by atoms with E-state index in [1.807, 2.05) is 17.9 Å². The van der Waals surface area contributed by atoms with E-state index in [4.69, 9.17) is 0 Å². The van der Waals surface area contributed by atoms with Gasteiger partial charge in [0.15, 0.2) is 0 Å². The van der Waals surface area contributed by atoms with Crippen molar-refractivity contribution in [1.82, 2.24) is 15.1 Å². The van der Waals surface area contributed by atoms with E-state index in [0.29, 0.717) is 6.04 Å². The van der Waals surface area contributed by atoms with Crippen molar-refractivity contribution in [2.75, 3.05) is 5.75 Å². The molecule has 0 saturated heterocycles. The molecule has 0 aromatic carbocycles. The summed E-state index contributed by atoms with van der Waals surface area (Å²) in [7, 11) is 2.00. The Morgan fingerprint density at radius 2 is 2.44 bits per heavy atom. The molecule has 2 atom stereocenters. The van der Waals surface area contributed by atoms with Gasteiger partial charge in [-0.25, -0.2) is 0 Å². The van der Waals surface area contributed by atoms with Crippen molar-refractivity contribution in [2.45, 2.75) is 44.0 Å². The fourth-order valence-electron chi connectivity index (χ4n) is 2.34. The molecule has 4 heteroatoms. The highest BCUT2D eigenvalue weighted by Gasteiger charge is 2.23. The van der Waals surface area contributed by atoms with Crippen LogP contribution < -0.4 is 5.32 Å². The van der Waals surface area contributed by atoms with Crippen LogP contribution in [0.3, 0.4) is 0 Å². The summed E-state index contributed by atoms with van der Waals surface area (Å²) in [6.45, 7) is 3.20. The molecule has 0 radical (unpaired) electrons. The van der Waals surface area contributed by atoms with Gasteiger partial charge in [0.25, 0.3) is 0 Å². The van der Waals surface area contributed by atoms with Crippen LogP contribution in [-0.4, -0.2) is 26.8 Å². The lowest BCUT2D eigenvalue weighted by Crippen LogP contribution is -2.27. The summed E-state index contributed by atoms with van der Waals surface area (Å²) in [5.41, 5.74) is 1.27. The highest BCUT2D eigenvalue weighted by Crippen LogP contribution is 2.29. The van der Waals surface area contributed by atoms with E-state index in [1.165, 1.54) is 30.7 Å². The monoisotopic (exact) mass is 239 g/mol. The molecule has 90 valence electrons. The molecule has 1 N–H and O–H groups in total. The molecule has 0 amide bonds. The van der Waals surface area contributed by atoms with Gasteiger partial charge in [0.05, 0.1) is 5.69 Å². The number of hydrogen-bond acceptors (Lipinski definition) is 3. The topological polar surface area (TPSA) is 29.9 Å². The Bertz CT molecular complexity index is 324. The van der Waals surface area contributed by atoms with Crippen molar-refractivity contribution >= 4 is 11.8 Å². The van der Waals surface area contributed by atoms with Crippen molar-refractivity contribution < 1.29 is 0 Å². The number of aryl methyl sites for hydroxylation is 1. The van der Waals surface area contributed by atoms with Gasteiger partial charge in [-0.3, -0.25) is 4.68 Å². The van der Waals surface area contributed by atoms with Crippen LogP contribution in [0.5, 0.6) is 0 Å². The van der Waals surface area contributed by atoms with Crippen LogP contribution in [0.2, 0.25) is 0 Å². The van der Waals surface area contributed by atoms with E-state index in [2.05, 4.69) is 35.2 Å². The van der Waals surface area contributed by atoms with Gasteiger partial charge in [0.1, 0.15) is 0 Å². The SMILES string of the molecule is CCSC1CCC(NCc2ccnn2C)C1. The number of aromatic nitrogens is 2. The third kappa shape index (κ3) is 3.01. The van der Waals surface area contributed by atoms with Crippen LogP contribution >= 0.6 is 11.8 Å². The lowest BCUT2D eigenvalue weighted by molar-refractivity contribution is 0.508. The second-order valence-electron chi connectivity index (χ2n) is 4.41. The summed E-state index contributed by atoms with van der Waals surface area (Å²) in [6, 6.07) is 2.79. The summed E-state index contributed by atoms with van der Waals surface area (Å²) in [5, 5.41) is 8.70. The number of rotatable bonds is 5. The first-order valence-corrected chi connectivity index (χ1v) is 7.16. The van der Waals surface area contributed by atoms with Crippen molar-refractivity contribution in [2.24, 2.45) is 7.05 Å². The van der Waals surface area contributed by atoms with Gasteiger partial charge in [0.2, 0.25) is 0 Å². The largest absolute Gasteiger partial charge is 0.308 e. The standard InChI is InChI=1S/C12H21N3S/c1-3-16-12-5-4-10(8-12)13-9-11-6-7-14-15(11)2/h6-7,10,12-13H,3-5,8-9H2,1-2H3. The summed E-state index contributed by atoms with van der Waals surface area (Å²) in [6.07, 6.45) is 5.90. The molecule has 1 aromatic rings. The molecular formula is C12H21N3S. The van der Waals surface area contributed by atoms with Crippen molar-refractivity contribution in [3.8, 4) is 0 Å². The quantitative estimate of drug-likeness (QED) is 0.854. The first-order valence-electron chi connectivity index (χ1n) is 6.11. The van der Waals surface area contributed by atoms with Gasteiger partial charge in [-0.2, -0.15) is 16.9 Å². The van der Waals surface area contributed by atoms with Crippen molar-refractivity contribution in [3.05, 3.63) is 18.0 Å². The molecule has 1 aromatic heterocycles. The van der Waals surface area contributed by atoms with E-state index >= 15 is 0 Å². The maximum atomic E-state index is 4.18. The predicted octanol–water partition coefficient (Wildman–Crippen LogP) is 2.18. The van der Waals surface area contributed by atoms with Gasteiger partial charge >= 0.3 is 0 Å². The molecule has 2 unspecified atom stereocenters. The average Bonchev–Trinajstić information content (AvgIpc) is 2.86. The maximum absolute atomic E-state index is 4.18. The number of nitrogens with zero attached hydrogens (tertiary/aromatic N) is 2. The summed E-state index contributed by atoms with van der Waals surface area (Å²) < 4.78 is 1.94. The molecule has 16 heavy (non-hydrogen) atoms. The number of nitrogens with one attached hydrogen (secondary N) is 1. The zero-order valence-electron chi connectivity index (χ0n) is 10.1. The van der Waals surface area contributed by atoms with Crippen LogP contribution in [0.1, 0.15) is 31.9 Å². The second kappa shape index (κ2) is 5.73. The van der Waals surface area contributed by atoms with E-state index in [0.717, 1.165) is 11.8 Å².